The number of nitrogens with zero attached hydrogens (tertiary/aromatic N) is 2. The fraction of sp³-hybridized carbons (Fsp3) is 0.111. The quantitative estimate of drug-likeness (QED) is 0.308. The number of nitro benzene ring substituents is 1. The number of nitro groups is 1. The Kier molecular flexibility index (Phi) is 4.30. The van der Waals surface area contributed by atoms with E-state index in [4.69, 9.17) is 4.74 Å². The van der Waals surface area contributed by atoms with Crippen LogP contribution in [0.3, 0.4) is 0 Å². The van der Waals surface area contributed by atoms with E-state index in [-0.39, 0.29) is 18.1 Å². The summed E-state index contributed by atoms with van der Waals surface area (Å²) in [5.41, 5.74) is 1.69. The van der Waals surface area contributed by atoms with Crippen molar-refractivity contribution >= 4 is 23.0 Å². The Bertz CT molecular complexity index is 973. The number of carbonyl (C=O) groups excluding carboxylic acids is 2. The molecule has 0 N–H and O–H groups in total. The molecule has 0 radical (unpaired) electrons. The molecule has 126 valence electrons. The molecule has 1 aromatic carbocycles. The van der Waals surface area contributed by atoms with E-state index in [9.17, 15) is 19.7 Å². The third kappa shape index (κ3) is 3.12. The first-order valence-electron chi connectivity index (χ1n) is 7.58. The minimum absolute atomic E-state index is 0.0823. The van der Waals surface area contributed by atoms with Crippen molar-refractivity contribution < 1.29 is 19.2 Å². The molecule has 2 heterocycles. The summed E-state index contributed by atoms with van der Waals surface area (Å²) in [5, 5.41) is 10.7. The Morgan fingerprint density at radius 2 is 1.68 bits per heavy atom. The molecule has 0 saturated carbocycles. The summed E-state index contributed by atoms with van der Waals surface area (Å²) in [5.74, 6) is -0.761. The van der Waals surface area contributed by atoms with Gasteiger partial charge in [-0.25, -0.2) is 4.79 Å². The van der Waals surface area contributed by atoms with Crippen LogP contribution in [0.5, 0.6) is 0 Å². The zero-order valence-corrected chi connectivity index (χ0v) is 13.3. The highest BCUT2D eigenvalue weighted by Gasteiger charge is 2.16. The molecule has 0 unspecified atom stereocenters. The minimum atomic E-state index is -0.521. The SMILES string of the molecule is CCOC(=O)c1ccc2ccc(C(=O)c3ccc([N+](=O)[O-])cc3)n2c1. The van der Waals surface area contributed by atoms with E-state index in [1.165, 1.54) is 24.3 Å². The van der Waals surface area contributed by atoms with Crippen LogP contribution in [0, 0.1) is 10.1 Å². The van der Waals surface area contributed by atoms with Crippen LogP contribution in [0.2, 0.25) is 0 Å². The Morgan fingerprint density at radius 3 is 2.32 bits per heavy atom. The van der Waals surface area contributed by atoms with E-state index in [2.05, 4.69) is 0 Å². The van der Waals surface area contributed by atoms with E-state index in [1.54, 1.807) is 41.8 Å². The summed E-state index contributed by atoms with van der Waals surface area (Å²) >= 11 is 0. The topological polar surface area (TPSA) is 90.9 Å². The van der Waals surface area contributed by atoms with Gasteiger partial charge >= 0.3 is 5.97 Å². The Morgan fingerprint density at radius 1 is 1.04 bits per heavy atom. The summed E-state index contributed by atoms with van der Waals surface area (Å²) in [4.78, 5) is 34.8. The van der Waals surface area contributed by atoms with Crippen LogP contribution >= 0.6 is 0 Å². The molecule has 0 saturated heterocycles. The summed E-state index contributed by atoms with van der Waals surface area (Å²) in [6.45, 7) is 1.98. The summed E-state index contributed by atoms with van der Waals surface area (Å²) in [6, 6.07) is 12.2. The average Bonchev–Trinajstić information content (AvgIpc) is 3.04. The predicted octanol–water partition coefficient (Wildman–Crippen LogP) is 3.26. The molecular weight excluding hydrogens is 324 g/mol. The highest BCUT2D eigenvalue weighted by Crippen LogP contribution is 2.19. The van der Waals surface area contributed by atoms with Gasteiger partial charge in [-0.3, -0.25) is 14.9 Å². The number of aromatic nitrogens is 1. The van der Waals surface area contributed by atoms with E-state index in [1.807, 2.05) is 0 Å². The first-order chi connectivity index (χ1) is 12.0. The van der Waals surface area contributed by atoms with E-state index in [0.29, 0.717) is 16.8 Å². The van der Waals surface area contributed by atoms with E-state index in [0.717, 1.165) is 5.52 Å². The fourth-order valence-corrected chi connectivity index (χ4v) is 2.50. The zero-order valence-electron chi connectivity index (χ0n) is 13.3. The molecule has 0 atom stereocenters. The average molecular weight is 338 g/mol. The molecule has 0 spiro atoms. The fourth-order valence-electron chi connectivity index (χ4n) is 2.50. The van der Waals surface area contributed by atoms with E-state index >= 15 is 0 Å². The number of hydrogen-bond acceptors (Lipinski definition) is 5. The van der Waals surface area contributed by atoms with Gasteiger partial charge < -0.3 is 9.14 Å². The molecule has 0 aliphatic carbocycles. The lowest BCUT2D eigenvalue weighted by Gasteiger charge is -2.06. The Hall–Kier alpha value is -3.48. The van der Waals surface area contributed by atoms with Crippen molar-refractivity contribution in [1.29, 1.82) is 0 Å². The summed E-state index contributed by atoms with van der Waals surface area (Å²) in [7, 11) is 0. The number of rotatable bonds is 5. The van der Waals surface area contributed by atoms with Crippen LogP contribution < -0.4 is 0 Å². The van der Waals surface area contributed by atoms with Crippen LogP contribution in [-0.4, -0.2) is 27.7 Å². The van der Waals surface area contributed by atoms with Gasteiger partial charge in [0.25, 0.3) is 5.69 Å². The highest BCUT2D eigenvalue weighted by atomic mass is 16.6. The van der Waals surface area contributed by atoms with Crippen molar-refractivity contribution in [2.45, 2.75) is 6.92 Å². The molecule has 25 heavy (non-hydrogen) atoms. The highest BCUT2D eigenvalue weighted by molar-refractivity contribution is 6.08. The van der Waals surface area contributed by atoms with Crippen molar-refractivity contribution in [3.05, 3.63) is 81.7 Å². The second kappa shape index (κ2) is 6.56. The molecule has 3 rings (SSSR count). The maximum absolute atomic E-state index is 12.7. The molecular formula is C18H14N2O5. The molecule has 0 aliphatic heterocycles. The van der Waals surface area contributed by atoms with Crippen molar-refractivity contribution in [2.75, 3.05) is 6.61 Å². The van der Waals surface area contributed by atoms with Crippen LogP contribution in [0.1, 0.15) is 33.3 Å². The molecule has 7 heteroatoms. The molecule has 3 aromatic rings. The van der Waals surface area contributed by atoms with Gasteiger partial charge in [-0.05, 0) is 43.3 Å². The molecule has 0 amide bonds. The van der Waals surface area contributed by atoms with Crippen LogP contribution in [0.25, 0.3) is 5.52 Å². The minimum Gasteiger partial charge on any atom is -0.462 e. The summed E-state index contributed by atoms with van der Waals surface area (Å²) in [6.07, 6.45) is 1.55. The van der Waals surface area contributed by atoms with Gasteiger partial charge in [0.2, 0.25) is 5.78 Å². The Labute approximate surface area is 142 Å². The van der Waals surface area contributed by atoms with Gasteiger partial charge in [0.05, 0.1) is 22.8 Å². The number of benzene rings is 1. The van der Waals surface area contributed by atoms with Gasteiger partial charge in [0.15, 0.2) is 0 Å². The molecule has 0 aliphatic rings. The van der Waals surface area contributed by atoms with Crippen LogP contribution in [0.4, 0.5) is 5.69 Å². The Balaban J connectivity index is 1.99. The first-order valence-corrected chi connectivity index (χ1v) is 7.58. The third-order valence-electron chi connectivity index (χ3n) is 3.74. The number of ketones is 1. The molecule has 0 bridgehead atoms. The molecule has 0 fully saturated rings. The van der Waals surface area contributed by atoms with Gasteiger partial charge in [-0.15, -0.1) is 0 Å². The van der Waals surface area contributed by atoms with E-state index < -0.39 is 10.9 Å². The second-order valence-electron chi connectivity index (χ2n) is 5.28. The van der Waals surface area contributed by atoms with Gasteiger partial charge in [0.1, 0.15) is 0 Å². The van der Waals surface area contributed by atoms with Gasteiger partial charge in [0, 0.05) is 29.4 Å². The lowest BCUT2D eigenvalue weighted by molar-refractivity contribution is -0.384. The number of esters is 1. The largest absolute Gasteiger partial charge is 0.462 e. The second-order valence-corrected chi connectivity index (χ2v) is 5.28. The van der Waals surface area contributed by atoms with Gasteiger partial charge in [-0.1, -0.05) is 0 Å². The van der Waals surface area contributed by atoms with Crippen molar-refractivity contribution in [1.82, 2.24) is 4.40 Å². The molecule has 7 nitrogen and oxygen atoms in total. The van der Waals surface area contributed by atoms with Crippen LogP contribution in [-0.2, 0) is 4.74 Å². The number of ether oxygens (including phenoxy) is 1. The van der Waals surface area contributed by atoms with Crippen molar-refractivity contribution in [2.24, 2.45) is 0 Å². The normalized spacial score (nSPS) is 10.6. The van der Waals surface area contributed by atoms with Crippen molar-refractivity contribution in [3.63, 3.8) is 0 Å². The lowest BCUT2D eigenvalue weighted by Crippen LogP contribution is -2.09. The number of pyridine rings is 1. The maximum Gasteiger partial charge on any atom is 0.339 e. The third-order valence-corrected chi connectivity index (χ3v) is 3.74. The smallest absolute Gasteiger partial charge is 0.339 e. The first kappa shape index (κ1) is 16.4. The predicted molar refractivity (Wildman–Crippen MR) is 89.9 cm³/mol. The lowest BCUT2D eigenvalue weighted by atomic mass is 10.1. The zero-order chi connectivity index (χ0) is 18.0. The number of carbonyl (C=O) groups is 2. The van der Waals surface area contributed by atoms with Crippen molar-refractivity contribution in [3.8, 4) is 0 Å². The number of fused-ring (bicyclic) bond motifs is 1. The monoisotopic (exact) mass is 338 g/mol. The standard InChI is InChI=1S/C18H14N2O5/c1-2-25-18(22)13-5-6-14-9-10-16(19(14)11-13)17(21)12-3-7-15(8-4-12)20(23)24/h3-11H,2H2,1H3. The summed E-state index contributed by atoms with van der Waals surface area (Å²) < 4.78 is 6.58. The maximum atomic E-state index is 12.7. The van der Waals surface area contributed by atoms with Crippen LogP contribution in [0.15, 0.2) is 54.7 Å². The number of non-ortho nitro benzene ring substituents is 1. The van der Waals surface area contributed by atoms with Gasteiger partial charge in [-0.2, -0.15) is 0 Å². The molecule has 2 aromatic heterocycles. The number of hydrogen-bond donors (Lipinski definition) is 0.